The first-order valence-corrected chi connectivity index (χ1v) is 13.6. The SMILES string of the molecule is Cc1cc(-c2cccc(S(=O)(=O)[O-])c2)c2ccc3c(-c4cccc(S(=O)(=O)[O-])c4)cc(C)nc3c2n1.[Na+].[Na+]. The van der Waals surface area contributed by atoms with Gasteiger partial charge in [0.2, 0.25) is 0 Å². The molecule has 0 radical (unpaired) electrons. The molecule has 2 heterocycles. The number of fused-ring (bicyclic) bond motifs is 3. The van der Waals surface area contributed by atoms with Crippen molar-refractivity contribution in [2.45, 2.75) is 23.6 Å². The van der Waals surface area contributed by atoms with Crippen molar-refractivity contribution >= 4 is 42.0 Å². The minimum absolute atomic E-state index is 0. The van der Waals surface area contributed by atoms with Gasteiger partial charge >= 0.3 is 59.1 Å². The van der Waals surface area contributed by atoms with Crippen LogP contribution in [0.2, 0.25) is 0 Å². The van der Waals surface area contributed by atoms with E-state index in [9.17, 15) is 25.9 Å². The summed E-state index contributed by atoms with van der Waals surface area (Å²) in [7, 11) is -9.26. The number of benzene rings is 3. The van der Waals surface area contributed by atoms with Crippen molar-refractivity contribution in [3.63, 3.8) is 0 Å². The van der Waals surface area contributed by atoms with E-state index in [2.05, 4.69) is 0 Å². The van der Waals surface area contributed by atoms with Crippen LogP contribution in [0.4, 0.5) is 0 Å². The summed E-state index contributed by atoms with van der Waals surface area (Å²) in [6, 6.07) is 18.9. The summed E-state index contributed by atoms with van der Waals surface area (Å²) in [5.74, 6) is 0. The average molecular weight is 565 g/mol. The Morgan fingerprint density at radius 3 is 1.29 bits per heavy atom. The van der Waals surface area contributed by atoms with Crippen LogP contribution in [0.5, 0.6) is 0 Å². The predicted octanol–water partition coefficient (Wildman–Crippen LogP) is -1.45. The van der Waals surface area contributed by atoms with Gasteiger partial charge in [-0.1, -0.05) is 36.4 Å². The summed E-state index contributed by atoms with van der Waals surface area (Å²) in [5, 5.41) is 1.40. The quantitative estimate of drug-likeness (QED) is 0.147. The second kappa shape index (κ2) is 11.4. The van der Waals surface area contributed by atoms with Crippen LogP contribution < -0.4 is 59.1 Å². The van der Waals surface area contributed by atoms with Crippen molar-refractivity contribution < 1.29 is 85.1 Å². The van der Waals surface area contributed by atoms with E-state index >= 15 is 0 Å². The van der Waals surface area contributed by atoms with Crippen LogP contribution in [-0.2, 0) is 20.2 Å². The second-order valence-electron chi connectivity index (χ2n) is 8.44. The van der Waals surface area contributed by atoms with Gasteiger partial charge in [0.25, 0.3) is 0 Å². The summed E-state index contributed by atoms with van der Waals surface area (Å²) in [4.78, 5) is 8.76. The smallest absolute Gasteiger partial charge is 0.744 e. The normalized spacial score (nSPS) is 11.7. The minimum atomic E-state index is -4.63. The van der Waals surface area contributed by atoms with Gasteiger partial charge in [-0.3, -0.25) is 9.97 Å². The Labute approximate surface area is 264 Å². The van der Waals surface area contributed by atoms with Gasteiger partial charge in [0.05, 0.1) is 20.8 Å². The van der Waals surface area contributed by atoms with Crippen molar-refractivity contribution in [1.29, 1.82) is 0 Å². The topological polar surface area (TPSA) is 140 Å². The van der Waals surface area contributed by atoms with Crippen molar-refractivity contribution in [2.24, 2.45) is 0 Å². The maximum Gasteiger partial charge on any atom is 1.00 e. The van der Waals surface area contributed by atoms with Crippen LogP contribution in [0.15, 0.2) is 82.6 Å². The van der Waals surface area contributed by atoms with Gasteiger partial charge < -0.3 is 9.11 Å². The molecule has 0 fully saturated rings. The molecular weight excluding hydrogens is 546 g/mol. The van der Waals surface area contributed by atoms with E-state index in [1.165, 1.54) is 36.4 Å². The zero-order valence-electron chi connectivity index (χ0n) is 21.1. The molecule has 0 N–H and O–H groups in total. The third kappa shape index (κ3) is 6.05. The predicted molar refractivity (Wildman–Crippen MR) is 133 cm³/mol. The third-order valence-electron chi connectivity index (χ3n) is 5.88. The van der Waals surface area contributed by atoms with Crippen molar-refractivity contribution in [2.75, 3.05) is 0 Å². The number of aryl methyl sites for hydroxylation is 2. The second-order valence-corrected chi connectivity index (χ2v) is 11.2. The Morgan fingerprint density at radius 1 is 0.579 bits per heavy atom. The first kappa shape index (κ1) is 30.8. The number of hydrogen-bond donors (Lipinski definition) is 0. The fraction of sp³-hybridized carbons (Fsp3) is 0.0769. The number of nitrogens with zero attached hydrogens (tertiary/aromatic N) is 2. The zero-order chi connectivity index (χ0) is 25.8. The van der Waals surface area contributed by atoms with E-state index in [0.29, 0.717) is 55.4 Å². The van der Waals surface area contributed by atoms with Gasteiger partial charge in [0.15, 0.2) is 0 Å². The molecule has 3 aromatic carbocycles. The van der Waals surface area contributed by atoms with E-state index in [-0.39, 0.29) is 68.9 Å². The number of hydrogen-bond acceptors (Lipinski definition) is 8. The molecule has 0 amide bonds. The van der Waals surface area contributed by atoms with Crippen LogP contribution in [0.1, 0.15) is 11.4 Å². The van der Waals surface area contributed by atoms with Crippen LogP contribution in [-0.4, -0.2) is 35.9 Å². The van der Waals surface area contributed by atoms with Gasteiger partial charge in [-0.05, 0) is 72.5 Å². The Hall–Kier alpha value is -1.70. The molecule has 38 heavy (non-hydrogen) atoms. The number of aromatic nitrogens is 2. The van der Waals surface area contributed by atoms with Gasteiger partial charge in [-0.25, -0.2) is 16.8 Å². The summed E-state index contributed by atoms with van der Waals surface area (Å²) >= 11 is 0. The molecule has 0 aliphatic heterocycles. The summed E-state index contributed by atoms with van der Waals surface area (Å²) in [6.45, 7) is 3.60. The number of rotatable bonds is 4. The molecule has 0 atom stereocenters. The average Bonchev–Trinajstić information content (AvgIpc) is 2.82. The molecule has 0 saturated carbocycles. The Morgan fingerprint density at radius 2 is 0.947 bits per heavy atom. The molecule has 182 valence electrons. The van der Waals surface area contributed by atoms with E-state index in [4.69, 9.17) is 9.97 Å². The standard InChI is InChI=1S/C26H20N2O6S2.2Na/c1-15-11-23(17-5-3-7-19(13-17)35(29,30)31)21-9-10-22-24(12-16(2)28-26(22)25(21)27-15)18-6-4-8-20(14-18)36(32,33)34;;/h3-14H,1-2H3,(H,29,30,31)(H,32,33,34);;/q;2*+1/p-2. The molecule has 8 nitrogen and oxygen atoms in total. The van der Waals surface area contributed by atoms with E-state index < -0.39 is 20.2 Å². The molecule has 0 unspecified atom stereocenters. The fourth-order valence-electron chi connectivity index (χ4n) is 4.35. The Kier molecular flexibility index (Phi) is 9.27. The van der Waals surface area contributed by atoms with Gasteiger partial charge in [-0.2, -0.15) is 0 Å². The molecule has 5 rings (SSSR count). The fourth-order valence-corrected chi connectivity index (χ4v) is 5.38. The monoisotopic (exact) mass is 564 g/mol. The molecule has 0 aliphatic rings. The van der Waals surface area contributed by atoms with Crippen LogP contribution in [0.3, 0.4) is 0 Å². The van der Waals surface area contributed by atoms with E-state index in [1.54, 1.807) is 26.0 Å². The van der Waals surface area contributed by atoms with Crippen molar-refractivity contribution in [1.82, 2.24) is 9.97 Å². The van der Waals surface area contributed by atoms with Gasteiger partial charge in [0.1, 0.15) is 20.2 Å². The third-order valence-corrected chi connectivity index (χ3v) is 7.54. The van der Waals surface area contributed by atoms with Gasteiger partial charge in [0, 0.05) is 22.2 Å². The molecule has 2 aromatic heterocycles. The molecular formula is C26H18N2Na2O6S2. The summed E-state index contributed by atoms with van der Waals surface area (Å²) in [6.07, 6.45) is 0. The first-order chi connectivity index (χ1) is 16.9. The largest absolute Gasteiger partial charge is 1.00 e. The first-order valence-electron chi connectivity index (χ1n) is 10.8. The van der Waals surface area contributed by atoms with Crippen LogP contribution in [0, 0.1) is 13.8 Å². The summed E-state index contributed by atoms with van der Waals surface area (Å²) in [5.41, 5.74) is 4.91. The maximum absolute atomic E-state index is 11.6. The molecule has 0 spiro atoms. The Bertz CT molecular complexity index is 1790. The molecule has 0 bridgehead atoms. The minimum Gasteiger partial charge on any atom is -0.744 e. The van der Waals surface area contributed by atoms with E-state index in [0.717, 1.165) is 0 Å². The zero-order valence-corrected chi connectivity index (χ0v) is 26.7. The molecule has 12 heteroatoms. The van der Waals surface area contributed by atoms with Crippen LogP contribution >= 0.6 is 0 Å². The molecule has 5 aromatic rings. The van der Waals surface area contributed by atoms with E-state index in [1.807, 2.05) is 24.3 Å². The maximum atomic E-state index is 11.6. The summed E-state index contributed by atoms with van der Waals surface area (Å²) < 4.78 is 69.5. The molecule has 0 saturated heterocycles. The van der Waals surface area contributed by atoms with Crippen LogP contribution in [0.25, 0.3) is 44.1 Å². The molecule has 0 aliphatic carbocycles. The Balaban J connectivity index is 0.00000200. The number of pyridine rings is 2. The van der Waals surface area contributed by atoms with Crippen molar-refractivity contribution in [3.05, 3.63) is 84.2 Å². The van der Waals surface area contributed by atoms with Gasteiger partial charge in [-0.15, -0.1) is 0 Å². The van der Waals surface area contributed by atoms with Crippen molar-refractivity contribution in [3.8, 4) is 22.3 Å².